The first-order valence-electron chi connectivity index (χ1n) is 6.40. The van der Waals surface area contributed by atoms with Crippen LogP contribution in [0, 0.1) is 11.8 Å². The van der Waals surface area contributed by atoms with Gasteiger partial charge in [-0.1, -0.05) is 13.8 Å². The van der Waals surface area contributed by atoms with Crippen molar-refractivity contribution in [3.8, 4) is 0 Å². The van der Waals surface area contributed by atoms with Crippen LogP contribution in [0.2, 0.25) is 0 Å². The molecule has 0 aliphatic heterocycles. The van der Waals surface area contributed by atoms with E-state index in [-0.39, 0.29) is 18.2 Å². The molecule has 0 aromatic carbocycles. The first kappa shape index (κ1) is 17.4. The summed E-state index contributed by atoms with van der Waals surface area (Å²) in [5, 5.41) is 2.63. The first-order chi connectivity index (χ1) is 8.26. The monoisotopic (exact) mass is 278 g/mol. The second kappa shape index (κ2) is 8.48. The Morgan fingerprint density at radius 3 is 2.33 bits per heavy atom. The SMILES string of the molecule is CC(C)C(CCN)CCC(=O)NCCS(C)(=O)=O. The molecule has 0 heterocycles. The molecule has 0 aliphatic carbocycles. The topological polar surface area (TPSA) is 89.3 Å². The fourth-order valence-electron chi connectivity index (χ4n) is 1.81. The maximum absolute atomic E-state index is 11.5. The van der Waals surface area contributed by atoms with Gasteiger partial charge in [0.05, 0.1) is 5.75 Å². The largest absolute Gasteiger partial charge is 0.355 e. The Balaban J connectivity index is 3.87. The van der Waals surface area contributed by atoms with Crippen molar-refractivity contribution >= 4 is 15.7 Å². The molecule has 0 saturated heterocycles. The highest BCUT2D eigenvalue weighted by Crippen LogP contribution is 2.20. The van der Waals surface area contributed by atoms with Crippen LogP contribution in [0.25, 0.3) is 0 Å². The molecular formula is C12H26N2O3S. The van der Waals surface area contributed by atoms with Crippen LogP contribution >= 0.6 is 0 Å². The van der Waals surface area contributed by atoms with Gasteiger partial charge in [0.1, 0.15) is 9.84 Å². The van der Waals surface area contributed by atoms with Gasteiger partial charge in [-0.15, -0.1) is 0 Å². The van der Waals surface area contributed by atoms with Gasteiger partial charge in [-0.2, -0.15) is 0 Å². The van der Waals surface area contributed by atoms with Crippen LogP contribution in [-0.4, -0.2) is 39.4 Å². The minimum Gasteiger partial charge on any atom is -0.355 e. The number of carbonyl (C=O) groups excluding carboxylic acids is 1. The molecule has 18 heavy (non-hydrogen) atoms. The van der Waals surface area contributed by atoms with Crippen LogP contribution in [0.15, 0.2) is 0 Å². The Morgan fingerprint density at radius 2 is 1.89 bits per heavy atom. The first-order valence-corrected chi connectivity index (χ1v) is 8.46. The molecule has 0 fully saturated rings. The van der Waals surface area contributed by atoms with Gasteiger partial charge in [0.15, 0.2) is 0 Å². The molecule has 1 atom stereocenters. The van der Waals surface area contributed by atoms with Crippen molar-refractivity contribution in [2.24, 2.45) is 17.6 Å². The summed E-state index contributed by atoms with van der Waals surface area (Å²) in [6.07, 6.45) is 3.33. The molecule has 0 radical (unpaired) electrons. The summed E-state index contributed by atoms with van der Waals surface area (Å²) in [7, 11) is -3.00. The number of amides is 1. The Kier molecular flexibility index (Phi) is 8.18. The second-order valence-corrected chi connectivity index (χ2v) is 7.36. The molecule has 0 aromatic rings. The van der Waals surface area contributed by atoms with Gasteiger partial charge in [-0.3, -0.25) is 4.79 Å². The lowest BCUT2D eigenvalue weighted by atomic mass is 9.88. The number of hydrogen-bond acceptors (Lipinski definition) is 4. The summed E-state index contributed by atoms with van der Waals surface area (Å²) in [5.41, 5.74) is 5.53. The Labute approximate surface area is 110 Å². The molecule has 0 bridgehead atoms. The summed E-state index contributed by atoms with van der Waals surface area (Å²) >= 11 is 0. The molecule has 1 unspecified atom stereocenters. The molecule has 0 rings (SSSR count). The molecule has 0 aromatic heterocycles. The quantitative estimate of drug-likeness (QED) is 0.644. The molecule has 6 heteroatoms. The Morgan fingerprint density at radius 1 is 1.28 bits per heavy atom. The van der Waals surface area contributed by atoms with Crippen LogP contribution in [0.3, 0.4) is 0 Å². The third-order valence-corrected chi connectivity index (χ3v) is 3.96. The number of nitrogens with two attached hydrogens (primary N) is 1. The van der Waals surface area contributed by atoms with Crippen LogP contribution in [0.5, 0.6) is 0 Å². The highest BCUT2D eigenvalue weighted by atomic mass is 32.2. The van der Waals surface area contributed by atoms with Crippen molar-refractivity contribution in [3.05, 3.63) is 0 Å². The maximum Gasteiger partial charge on any atom is 0.220 e. The lowest BCUT2D eigenvalue weighted by Gasteiger charge is -2.19. The summed E-state index contributed by atoms with van der Waals surface area (Å²) in [5.74, 6) is 0.879. The zero-order valence-corrected chi connectivity index (χ0v) is 12.4. The van der Waals surface area contributed by atoms with E-state index in [1.807, 2.05) is 0 Å². The van der Waals surface area contributed by atoms with Gasteiger partial charge < -0.3 is 11.1 Å². The zero-order chi connectivity index (χ0) is 14.2. The summed E-state index contributed by atoms with van der Waals surface area (Å²) in [4.78, 5) is 11.5. The molecule has 0 saturated carbocycles. The van der Waals surface area contributed by atoms with Gasteiger partial charge in [0, 0.05) is 19.2 Å². The molecule has 0 spiro atoms. The van der Waals surface area contributed by atoms with Crippen molar-refractivity contribution in [1.82, 2.24) is 5.32 Å². The van der Waals surface area contributed by atoms with E-state index in [0.29, 0.717) is 24.8 Å². The molecular weight excluding hydrogens is 252 g/mol. The van der Waals surface area contributed by atoms with Crippen LogP contribution < -0.4 is 11.1 Å². The third-order valence-electron chi connectivity index (χ3n) is 3.02. The van der Waals surface area contributed by atoms with E-state index in [0.717, 1.165) is 19.1 Å². The van der Waals surface area contributed by atoms with Crippen molar-refractivity contribution < 1.29 is 13.2 Å². The fourth-order valence-corrected chi connectivity index (χ4v) is 2.28. The van der Waals surface area contributed by atoms with E-state index in [2.05, 4.69) is 19.2 Å². The van der Waals surface area contributed by atoms with Gasteiger partial charge in [-0.05, 0) is 31.2 Å². The van der Waals surface area contributed by atoms with Gasteiger partial charge in [0.25, 0.3) is 0 Å². The van der Waals surface area contributed by atoms with E-state index >= 15 is 0 Å². The minimum absolute atomic E-state index is 0.00481. The number of hydrogen-bond donors (Lipinski definition) is 2. The number of rotatable bonds is 9. The minimum atomic E-state index is -3.00. The van der Waals surface area contributed by atoms with E-state index in [1.54, 1.807) is 0 Å². The second-order valence-electron chi connectivity index (χ2n) is 5.10. The van der Waals surface area contributed by atoms with Crippen molar-refractivity contribution in [2.75, 3.05) is 25.1 Å². The van der Waals surface area contributed by atoms with Crippen molar-refractivity contribution in [2.45, 2.75) is 33.1 Å². The Hall–Kier alpha value is -0.620. The van der Waals surface area contributed by atoms with Crippen molar-refractivity contribution in [3.63, 3.8) is 0 Å². The fraction of sp³-hybridized carbons (Fsp3) is 0.917. The van der Waals surface area contributed by atoms with E-state index in [1.165, 1.54) is 0 Å². The van der Waals surface area contributed by atoms with Gasteiger partial charge >= 0.3 is 0 Å². The third kappa shape index (κ3) is 9.41. The smallest absolute Gasteiger partial charge is 0.220 e. The summed E-state index contributed by atoms with van der Waals surface area (Å²) in [6.45, 7) is 5.09. The summed E-state index contributed by atoms with van der Waals surface area (Å²) in [6, 6.07) is 0. The van der Waals surface area contributed by atoms with Crippen LogP contribution in [0.4, 0.5) is 0 Å². The predicted molar refractivity (Wildman–Crippen MR) is 74.0 cm³/mol. The zero-order valence-electron chi connectivity index (χ0n) is 11.6. The van der Waals surface area contributed by atoms with Crippen molar-refractivity contribution in [1.29, 1.82) is 0 Å². The van der Waals surface area contributed by atoms with E-state index in [9.17, 15) is 13.2 Å². The van der Waals surface area contributed by atoms with E-state index in [4.69, 9.17) is 5.73 Å². The predicted octanol–water partition coefficient (Wildman–Crippen LogP) is 0.548. The van der Waals surface area contributed by atoms with Gasteiger partial charge in [0.2, 0.25) is 5.91 Å². The molecule has 5 nitrogen and oxygen atoms in total. The van der Waals surface area contributed by atoms with E-state index < -0.39 is 9.84 Å². The summed E-state index contributed by atoms with van der Waals surface area (Å²) < 4.78 is 21.8. The number of carbonyl (C=O) groups is 1. The highest BCUT2D eigenvalue weighted by molar-refractivity contribution is 7.90. The Bertz CT molecular complexity index is 339. The maximum atomic E-state index is 11.5. The lowest BCUT2D eigenvalue weighted by molar-refractivity contribution is -0.121. The average molecular weight is 278 g/mol. The molecule has 3 N–H and O–H groups in total. The average Bonchev–Trinajstić information content (AvgIpc) is 2.21. The van der Waals surface area contributed by atoms with Crippen LogP contribution in [0.1, 0.15) is 33.1 Å². The normalized spacial score (nSPS) is 13.6. The molecule has 108 valence electrons. The van der Waals surface area contributed by atoms with Crippen LogP contribution in [-0.2, 0) is 14.6 Å². The number of nitrogens with one attached hydrogen (secondary N) is 1. The molecule has 1 amide bonds. The van der Waals surface area contributed by atoms with Gasteiger partial charge in [-0.25, -0.2) is 8.42 Å². The number of sulfone groups is 1. The highest BCUT2D eigenvalue weighted by Gasteiger charge is 2.14. The lowest BCUT2D eigenvalue weighted by Crippen LogP contribution is -2.29. The molecule has 0 aliphatic rings. The standard InChI is InChI=1S/C12H26N2O3S/c1-10(2)11(6-7-13)4-5-12(15)14-8-9-18(3,16)17/h10-11H,4-9,13H2,1-3H3,(H,14,15).